The number of benzene rings is 1. The Morgan fingerprint density at radius 3 is 2.16 bits per heavy atom. The fourth-order valence-corrected chi connectivity index (χ4v) is 2.57. The summed E-state index contributed by atoms with van der Waals surface area (Å²) in [7, 11) is 2.75. The topological polar surface area (TPSA) is 43.4 Å². The number of aryl methyl sites for hydroxylation is 1. The van der Waals surface area contributed by atoms with E-state index < -0.39 is 10.1 Å². The van der Waals surface area contributed by atoms with Gasteiger partial charge < -0.3 is 4.48 Å². The van der Waals surface area contributed by atoms with Crippen LogP contribution in [0, 0.1) is 6.92 Å². The Bertz CT molecular complexity index is 486. The molecular formula is C14H24NO3S+. The largest absolute Gasteiger partial charge is 0.331 e. The van der Waals surface area contributed by atoms with Crippen molar-refractivity contribution in [3.8, 4) is 0 Å². The highest BCUT2D eigenvalue weighted by atomic mass is 32.2. The number of rotatable bonds is 7. The SMILES string of the molecule is Cc1ccc(S(=O)(=O)OCCCC[N+](C)(C)C)cc1. The van der Waals surface area contributed by atoms with Crippen LogP contribution in [-0.4, -0.2) is 47.2 Å². The first-order chi connectivity index (χ1) is 8.71. The molecule has 0 atom stereocenters. The molecule has 0 aliphatic heterocycles. The summed E-state index contributed by atoms with van der Waals surface area (Å²) in [6.45, 7) is 3.17. The normalized spacial score (nSPS) is 12.6. The van der Waals surface area contributed by atoms with Crippen LogP contribution < -0.4 is 0 Å². The summed E-state index contributed by atoms with van der Waals surface area (Å²) < 4.78 is 29.7. The van der Waals surface area contributed by atoms with Crippen LogP contribution in [0.15, 0.2) is 29.2 Å². The summed E-state index contributed by atoms with van der Waals surface area (Å²) in [6.07, 6.45) is 1.70. The van der Waals surface area contributed by atoms with Gasteiger partial charge in [-0.3, -0.25) is 4.18 Å². The predicted octanol–water partition coefficient (Wildman–Crippen LogP) is 2.19. The van der Waals surface area contributed by atoms with Gasteiger partial charge in [-0.05, 0) is 31.9 Å². The number of hydrogen-bond acceptors (Lipinski definition) is 3. The van der Waals surface area contributed by atoms with Crippen LogP contribution in [0.1, 0.15) is 18.4 Å². The third-order valence-electron chi connectivity index (χ3n) is 2.77. The Morgan fingerprint density at radius 1 is 1.05 bits per heavy atom. The van der Waals surface area contributed by atoms with Gasteiger partial charge in [-0.1, -0.05) is 17.7 Å². The molecule has 5 heteroatoms. The van der Waals surface area contributed by atoms with Gasteiger partial charge in [-0.15, -0.1) is 0 Å². The molecule has 1 aromatic rings. The van der Waals surface area contributed by atoms with E-state index in [0.717, 1.165) is 29.4 Å². The van der Waals surface area contributed by atoms with Crippen LogP contribution >= 0.6 is 0 Å². The van der Waals surface area contributed by atoms with E-state index >= 15 is 0 Å². The average Bonchev–Trinajstić information content (AvgIpc) is 2.27. The minimum absolute atomic E-state index is 0.227. The highest BCUT2D eigenvalue weighted by Gasteiger charge is 2.14. The molecule has 1 aromatic carbocycles. The molecule has 0 spiro atoms. The van der Waals surface area contributed by atoms with Crippen molar-refractivity contribution in [1.29, 1.82) is 0 Å². The van der Waals surface area contributed by atoms with Gasteiger partial charge in [0, 0.05) is 0 Å². The lowest BCUT2D eigenvalue weighted by Crippen LogP contribution is -2.35. The van der Waals surface area contributed by atoms with E-state index in [9.17, 15) is 8.42 Å². The summed E-state index contributed by atoms with van der Waals surface area (Å²) in [4.78, 5) is 0.227. The maximum atomic E-state index is 11.9. The Labute approximate surface area is 116 Å². The van der Waals surface area contributed by atoms with Gasteiger partial charge in [-0.2, -0.15) is 8.42 Å². The standard InChI is InChI=1S/C14H24NO3S/c1-13-7-9-14(10-8-13)19(16,17)18-12-6-5-11-15(2,3)4/h7-10H,5-6,11-12H2,1-4H3/q+1. The molecule has 4 nitrogen and oxygen atoms in total. The molecular weight excluding hydrogens is 262 g/mol. The summed E-state index contributed by atoms with van der Waals surface area (Å²) in [5, 5.41) is 0. The van der Waals surface area contributed by atoms with E-state index in [0.29, 0.717) is 0 Å². The Hall–Kier alpha value is -0.910. The van der Waals surface area contributed by atoms with Crippen molar-refractivity contribution in [3.63, 3.8) is 0 Å². The van der Waals surface area contributed by atoms with Crippen molar-refractivity contribution in [3.05, 3.63) is 29.8 Å². The lowest BCUT2D eigenvalue weighted by Gasteiger charge is -2.23. The summed E-state index contributed by atoms with van der Waals surface area (Å²) in [6, 6.07) is 6.70. The average molecular weight is 286 g/mol. The molecule has 0 fully saturated rings. The molecule has 0 unspecified atom stereocenters. The van der Waals surface area contributed by atoms with Crippen LogP contribution in [0.25, 0.3) is 0 Å². The molecule has 0 heterocycles. The minimum atomic E-state index is -3.60. The monoisotopic (exact) mass is 286 g/mol. The molecule has 0 aliphatic carbocycles. The summed E-state index contributed by atoms with van der Waals surface area (Å²) in [5.74, 6) is 0. The first-order valence-corrected chi connectivity index (χ1v) is 7.88. The van der Waals surface area contributed by atoms with Crippen molar-refractivity contribution >= 4 is 10.1 Å². The smallest absolute Gasteiger partial charge is 0.296 e. The molecule has 0 saturated carbocycles. The Balaban J connectivity index is 2.42. The quantitative estimate of drug-likeness (QED) is 0.438. The second-order valence-corrected chi connectivity index (χ2v) is 7.43. The molecule has 0 radical (unpaired) electrons. The van der Waals surface area contributed by atoms with E-state index in [-0.39, 0.29) is 11.5 Å². The predicted molar refractivity (Wildman–Crippen MR) is 76.5 cm³/mol. The van der Waals surface area contributed by atoms with E-state index in [1.807, 2.05) is 6.92 Å². The van der Waals surface area contributed by atoms with E-state index in [1.54, 1.807) is 24.3 Å². The molecule has 0 aliphatic rings. The van der Waals surface area contributed by atoms with Gasteiger partial charge >= 0.3 is 0 Å². The highest BCUT2D eigenvalue weighted by Crippen LogP contribution is 2.13. The third kappa shape index (κ3) is 6.18. The van der Waals surface area contributed by atoms with Gasteiger partial charge in [0.15, 0.2) is 0 Å². The molecule has 1 rings (SSSR count). The zero-order valence-electron chi connectivity index (χ0n) is 12.2. The zero-order chi connectivity index (χ0) is 14.5. The second-order valence-electron chi connectivity index (χ2n) is 5.81. The highest BCUT2D eigenvalue weighted by molar-refractivity contribution is 7.86. The molecule has 19 heavy (non-hydrogen) atoms. The molecule has 0 bridgehead atoms. The third-order valence-corrected chi connectivity index (χ3v) is 4.10. The second kappa shape index (κ2) is 6.50. The number of unbranched alkanes of at least 4 members (excludes halogenated alkanes) is 1. The maximum Gasteiger partial charge on any atom is 0.296 e. The lowest BCUT2D eigenvalue weighted by molar-refractivity contribution is -0.870. The Morgan fingerprint density at radius 2 is 1.63 bits per heavy atom. The van der Waals surface area contributed by atoms with Crippen LogP contribution in [0.2, 0.25) is 0 Å². The fourth-order valence-electron chi connectivity index (χ4n) is 1.63. The van der Waals surface area contributed by atoms with Crippen molar-refractivity contribution < 1.29 is 17.1 Å². The van der Waals surface area contributed by atoms with Crippen molar-refractivity contribution in [2.75, 3.05) is 34.3 Å². The molecule has 0 N–H and O–H groups in total. The van der Waals surface area contributed by atoms with E-state index in [1.165, 1.54) is 0 Å². The van der Waals surface area contributed by atoms with Gasteiger partial charge in [0.2, 0.25) is 0 Å². The maximum absolute atomic E-state index is 11.9. The fraction of sp³-hybridized carbons (Fsp3) is 0.571. The van der Waals surface area contributed by atoms with Gasteiger partial charge in [0.1, 0.15) is 0 Å². The van der Waals surface area contributed by atoms with Gasteiger partial charge in [0.25, 0.3) is 10.1 Å². The van der Waals surface area contributed by atoms with Crippen molar-refractivity contribution in [1.82, 2.24) is 0 Å². The zero-order valence-corrected chi connectivity index (χ0v) is 13.0. The molecule has 0 aromatic heterocycles. The van der Waals surface area contributed by atoms with Crippen LogP contribution in [0.4, 0.5) is 0 Å². The van der Waals surface area contributed by atoms with Gasteiger partial charge in [0.05, 0.1) is 39.2 Å². The number of hydrogen-bond donors (Lipinski definition) is 0. The summed E-state index contributed by atoms with van der Waals surface area (Å²) >= 11 is 0. The first kappa shape index (κ1) is 16.1. The first-order valence-electron chi connectivity index (χ1n) is 6.47. The van der Waals surface area contributed by atoms with Crippen molar-refractivity contribution in [2.45, 2.75) is 24.7 Å². The van der Waals surface area contributed by atoms with E-state index in [2.05, 4.69) is 21.1 Å². The van der Waals surface area contributed by atoms with Crippen LogP contribution in [0.5, 0.6) is 0 Å². The lowest BCUT2D eigenvalue weighted by atomic mass is 10.2. The molecule has 0 amide bonds. The Kier molecular flexibility index (Phi) is 5.52. The van der Waals surface area contributed by atoms with Crippen molar-refractivity contribution in [2.24, 2.45) is 0 Å². The van der Waals surface area contributed by atoms with Gasteiger partial charge in [-0.25, -0.2) is 0 Å². The number of nitrogens with zero attached hydrogens (tertiary/aromatic N) is 1. The number of quaternary nitrogens is 1. The minimum Gasteiger partial charge on any atom is -0.331 e. The van der Waals surface area contributed by atoms with Crippen LogP contribution in [0.3, 0.4) is 0 Å². The van der Waals surface area contributed by atoms with E-state index in [4.69, 9.17) is 4.18 Å². The molecule has 108 valence electrons. The summed E-state index contributed by atoms with van der Waals surface area (Å²) in [5.41, 5.74) is 1.03. The van der Waals surface area contributed by atoms with Crippen LogP contribution in [-0.2, 0) is 14.3 Å². The molecule has 0 saturated heterocycles.